The number of amides is 1. The Balaban J connectivity index is 1.87. The Hall–Kier alpha value is -2.89. The molecule has 0 saturated heterocycles. The highest BCUT2D eigenvalue weighted by molar-refractivity contribution is 5.90. The minimum absolute atomic E-state index is 0.0911. The number of pyridine rings is 1. The van der Waals surface area contributed by atoms with Gasteiger partial charge in [0.05, 0.1) is 6.54 Å². The van der Waals surface area contributed by atoms with Crippen LogP contribution in [0.5, 0.6) is 0 Å². The molecule has 6 heteroatoms. The van der Waals surface area contributed by atoms with Crippen LogP contribution in [0.3, 0.4) is 0 Å². The summed E-state index contributed by atoms with van der Waals surface area (Å²) in [6.45, 7) is 5.94. The first-order valence-electron chi connectivity index (χ1n) is 8.84. The van der Waals surface area contributed by atoms with Gasteiger partial charge in [-0.25, -0.2) is 4.98 Å². The number of rotatable bonds is 7. The predicted molar refractivity (Wildman–Crippen MR) is 106 cm³/mol. The van der Waals surface area contributed by atoms with E-state index in [9.17, 15) is 4.79 Å². The van der Waals surface area contributed by atoms with E-state index in [1.54, 1.807) is 12.3 Å². The molecule has 1 amide bonds. The predicted octanol–water partition coefficient (Wildman–Crippen LogP) is 2.82. The molecule has 0 unspecified atom stereocenters. The number of carbonyl (C=O) groups is 1. The topological polar surface area (TPSA) is 69.6 Å². The van der Waals surface area contributed by atoms with Crippen LogP contribution >= 0.6 is 0 Å². The first-order chi connectivity index (χ1) is 12.6. The molecule has 1 aromatic heterocycles. The van der Waals surface area contributed by atoms with Crippen molar-refractivity contribution in [3.8, 4) is 0 Å². The van der Waals surface area contributed by atoms with Gasteiger partial charge >= 0.3 is 0 Å². The Labute approximate surface area is 155 Å². The Kier molecular flexibility index (Phi) is 7.61. The molecule has 0 aliphatic rings. The number of aryl methyl sites for hydroxylation is 1. The summed E-state index contributed by atoms with van der Waals surface area (Å²) in [5, 5.41) is 6.05. The maximum absolute atomic E-state index is 12.0. The average Bonchev–Trinajstić information content (AvgIpc) is 2.64. The first-order valence-corrected chi connectivity index (χ1v) is 8.84. The summed E-state index contributed by atoms with van der Waals surface area (Å²) in [7, 11) is 1.99. The third-order valence-corrected chi connectivity index (χ3v) is 3.74. The number of anilines is 1. The van der Waals surface area contributed by atoms with E-state index in [1.807, 2.05) is 45.2 Å². The minimum Gasteiger partial charge on any atom is -0.357 e. The number of nitrogens with zero attached hydrogens (tertiary/aromatic N) is 3. The van der Waals surface area contributed by atoms with Crippen LogP contribution in [0.15, 0.2) is 53.7 Å². The Morgan fingerprint density at radius 2 is 1.96 bits per heavy atom. The molecule has 0 bridgehead atoms. The van der Waals surface area contributed by atoms with Crippen molar-refractivity contribution in [1.82, 2.24) is 15.2 Å². The zero-order valence-electron chi connectivity index (χ0n) is 15.7. The number of benzene rings is 1. The van der Waals surface area contributed by atoms with Gasteiger partial charge in [0, 0.05) is 32.8 Å². The molecule has 0 aliphatic carbocycles. The standard InChI is InChI=1S/C20H27N5O/c1-4-21-20(25(3)15-17-8-6-5-7-9-17)22-13-12-19(26)24-18-11-10-16(2)14-23-18/h5-11,14H,4,12-13,15H2,1-3H3,(H,21,22)(H,23,24,26). The maximum Gasteiger partial charge on any atom is 0.227 e. The van der Waals surface area contributed by atoms with E-state index < -0.39 is 0 Å². The fraction of sp³-hybridized carbons (Fsp3) is 0.350. The lowest BCUT2D eigenvalue weighted by Crippen LogP contribution is -2.38. The summed E-state index contributed by atoms with van der Waals surface area (Å²) in [4.78, 5) is 22.8. The molecule has 138 valence electrons. The molecule has 2 aromatic rings. The molecule has 2 N–H and O–H groups in total. The van der Waals surface area contributed by atoms with Gasteiger partial charge in [-0.2, -0.15) is 0 Å². The smallest absolute Gasteiger partial charge is 0.227 e. The molecule has 0 fully saturated rings. The van der Waals surface area contributed by atoms with E-state index >= 15 is 0 Å². The third-order valence-electron chi connectivity index (χ3n) is 3.74. The van der Waals surface area contributed by atoms with Crippen LogP contribution in [0.25, 0.3) is 0 Å². The van der Waals surface area contributed by atoms with Crippen LogP contribution in [0.2, 0.25) is 0 Å². The molecule has 2 rings (SSSR count). The molecule has 0 spiro atoms. The Morgan fingerprint density at radius 1 is 1.19 bits per heavy atom. The summed E-state index contributed by atoms with van der Waals surface area (Å²) < 4.78 is 0. The number of guanidine groups is 1. The van der Waals surface area contributed by atoms with E-state index in [0.29, 0.717) is 18.8 Å². The molecule has 0 aliphatic heterocycles. The minimum atomic E-state index is -0.0911. The van der Waals surface area contributed by atoms with Crippen molar-refractivity contribution < 1.29 is 4.79 Å². The number of nitrogens with one attached hydrogen (secondary N) is 2. The second-order valence-electron chi connectivity index (χ2n) is 6.10. The number of carbonyl (C=O) groups excluding carboxylic acids is 1. The molecule has 0 atom stereocenters. The van der Waals surface area contributed by atoms with Gasteiger partial charge in [-0.15, -0.1) is 0 Å². The zero-order valence-corrected chi connectivity index (χ0v) is 15.7. The normalized spacial score (nSPS) is 11.1. The van der Waals surface area contributed by atoms with Gasteiger partial charge in [0.25, 0.3) is 0 Å². The van der Waals surface area contributed by atoms with Gasteiger partial charge in [0.2, 0.25) is 5.91 Å². The average molecular weight is 353 g/mol. The molecular formula is C20H27N5O. The number of aliphatic imine (C=N–C) groups is 1. The van der Waals surface area contributed by atoms with E-state index in [4.69, 9.17) is 0 Å². The van der Waals surface area contributed by atoms with Crippen molar-refractivity contribution in [2.75, 3.05) is 25.5 Å². The van der Waals surface area contributed by atoms with E-state index in [-0.39, 0.29) is 5.91 Å². The van der Waals surface area contributed by atoms with Crippen molar-refractivity contribution in [3.05, 3.63) is 59.8 Å². The molecule has 1 aromatic carbocycles. The van der Waals surface area contributed by atoms with Gasteiger partial charge < -0.3 is 15.5 Å². The van der Waals surface area contributed by atoms with Gasteiger partial charge in [-0.1, -0.05) is 36.4 Å². The number of hydrogen-bond donors (Lipinski definition) is 2. The maximum atomic E-state index is 12.0. The molecule has 0 radical (unpaired) electrons. The lowest BCUT2D eigenvalue weighted by Gasteiger charge is -2.22. The van der Waals surface area contributed by atoms with Crippen molar-refractivity contribution in [1.29, 1.82) is 0 Å². The molecular weight excluding hydrogens is 326 g/mol. The van der Waals surface area contributed by atoms with Crippen molar-refractivity contribution in [2.45, 2.75) is 26.8 Å². The second kappa shape index (κ2) is 10.2. The summed E-state index contributed by atoms with van der Waals surface area (Å²) in [5.41, 5.74) is 2.27. The van der Waals surface area contributed by atoms with Crippen LogP contribution in [0.1, 0.15) is 24.5 Å². The Bertz CT molecular complexity index is 713. The summed E-state index contributed by atoms with van der Waals surface area (Å²) >= 11 is 0. The largest absolute Gasteiger partial charge is 0.357 e. The Morgan fingerprint density at radius 3 is 2.62 bits per heavy atom. The fourth-order valence-corrected chi connectivity index (χ4v) is 2.41. The van der Waals surface area contributed by atoms with E-state index in [2.05, 4.69) is 37.6 Å². The van der Waals surface area contributed by atoms with E-state index in [1.165, 1.54) is 5.56 Å². The van der Waals surface area contributed by atoms with Crippen molar-refractivity contribution in [3.63, 3.8) is 0 Å². The van der Waals surface area contributed by atoms with Crippen molar-refractivity contribution >= 4 is 17.7 Å². The van der Waals surface area contributed by atoms with Crippen LogP contribution < -0.4 is 10.6 Å². The van der Waals surface area contributed by atoms with Crippen LogP contribution in [0.4, 0.5) is 5.82 Å². The highest BCUT2D eigenvalue weighted by atomic mass is 16.1. The second-order valence-corrected chi connectivity index (χ2v) is 6.10. The molecule has 26 heavy (non-hydrogen) atoms. The van der Waals surface area contributed by atoms with Crippen LogP contribution in [-0.2, 0) is 11.3 Å². The van der Waals surface area contributed by atoms with Gasteiger partial charge in [0.1, 0.15) is 5.82 Å². The molecule has 1 heterocycles. The fourth-order valence-electron chi connectivity index (χ4n) is 2.41. The van der Waals surface area contributed by atoms with Gasteiger partial charge in [-0.3, -0.25) is 9.79 Å². The quantitative estimate of drug-likeness (QED) is 0.593. The highest BCUT2D eigenvalue weighted by Crippen LogP contribution is 2.05. The molecule has 0 saturated carbocycles. The van der Waals surface area contributed by atoms with Gasteiger partial charge in [-0.05, 0) is 31.0 Å². The number of aromatic nitrogens is 1. The lowest BCUT2D eigenvalue weighted by atomic mass is 10.2. The highest BCUT2D eigenvalue weighted by Gasteiger charge is 2.07. The van der Waals surface area contributed by atoms with E-state index in [0.717, 1.165) is 24.6 Å². The summed E-state index contributed by atoms with van der Waals surface area (Å²) in [6, 6.07) is 13.9. The van der Waals surface area contributed by atoms with Crippen LogP contribution in [-0.4, -0.2) is 41.9 Å². The van der Waals surface area contributed by atoms with Crippen molar-refractivity contribution in [2.24, 2.45) is 4.99 Å². The summed E-state index contributed by atoms with van der Waals surface area (Å²) in [5.74, 6) is 1.27. The third kappa shape index (κ3) is 6.55. The van der Waals surface area contributed by atoms with Crippen LogP contribution in [0, 0.1) is 6.92 Å². The summed E-state index contributed by atoms with van der Waals surface area (Å²) in [6.07, 6.45) is 2.04. The first kappa shape index (κ1) is 19.4. The monoisotopic (exact) mass is 353 g/mol. The number of hydrogen-bond acceptors (Lipinski definition) is 3. The lowest BCUT2D eigenvalue weighted by molar-refractivity contribution is -0.116. The zero-order chi connectivity index (χ0) is 18.8. The molecule has 6 nitrogen and oxygen atoms in total. The van der Waals surface area contributed by atoms with Gasteiger partial charge in [0.15, 0.2) is 5.96 Å². The SMILES string of the molecule is CCNC(=NCCC(=O)Nc1ccc(C)cn1)N(C)Cc1ccccc1.